The van der Waals surface area contributed by atoms with Gasteiger partial charge in [0.25, 0.3) is 0 Å². The van der Waals surface area contributed by atoms with Gasteiger partial charge in [-0.05, 0) is 89.2 Å². The second kappa shape index (κ2) is 25.1. The molecular weight excluding hydrogens is 746 g/mol. The fourth-order valence-electron chi connectivity index (χ4n) is 7.90. The Morgan fingerprint density at radius 1 is 0.897 bits per heavy atom. The van der Waals surface area contributed by atoms with E-state index in [4.69, 9.17) is 47.7 Å². The Morgan fingerprint density at radius 2 is 1.64 bits per heavy atom. The molecule has 7 fully saturated rings. The maximum absolute atomic E-state index is 12.7. The molecular formula is C45H79NO12. The molecule has 0 aromatic rings. The van der Waals surface area contributed by atoms with Crippen LogP contribution in [0.2, 0.25) is 0 Å². The molecule has 7 aliphatic rings. The summed E-state index contributed by atoms with van der Waals surface area (Å²) >= 11 is 0. The van der Waals surface area contributed by atoms with E-state index in [1.807, 2.05) is 27.7 Å². The number of alkyl carbamates (subject to hydrolysis) is 1. The summed E-state index contributed by atoms with van der Waals surface area (Å²) < 4.78 is 53.5. The Kier molecular flexibility index (Phi) is 21.8. The molecule has 11 atom stereocenters. The lowest BCUT2D eigenvalue weighted by molar-refractivity contribution is -0.321. The molecule has 0 spiro atoms. The Balaban J connectivity index is 0.000000309. The summed E-state index contributed by atoms with van der Waals surface area (Å²) in [5.41, 5.74) is 1.92. The van der Waals surface area contributed by atoms with Gasteiger partial charge in [0.15, 0.2) is 5.79 Å². The summed E-state index contributed by atoms with van der Waals surface area (Å²) in [6.45, 7) is 30.2. The van der Waals surface area contributed by atoms with Crippen molar-refractivity contribution >= 4 is 11.9 Å². The third-order valence-electron chi connectivity index (χ3n) is 10.9. The van der Waals surface area contributed by atoms with Gasteiger partial charge in [-0.3, -0.25) is 4.79 Å². The normalized spacial score (nSPS) is 34.3. The van der Waals surface area contributed by atoms with Crippen LogP contribution in [0.25, 0.3) is 0 Å². The summed E-state index contributed by atoms with van der Waals surface area (Å²) in [4.78, 5) is 23.6. The second-order valence-electron chi connectivity index (χ2n) is 17.2. The summed E-state index contributed by atoms with van der Waals surface area (Å²) in [7, 11) is 0. The SMILES string of the molecule is C=C1COC(CCC23C[C@H](CO2)OC2COC4CCC(CC(=O)CC5CCOC5)OC4C2O3)C1.C=C1COCC[C@H]1C.CC.CC.CC(O)CNC(=O)OC(C)(C)C. The maximum Gasteiger partial charge on any atom is 0.407 e. The van der Waals surface area contributed by atoms with Crippen molar-refractivity contribution in [3.05, 3.63) is 24.3 Å². The minimum atomic E-state index is -0.673. The molecule has 7 saturated heterocycles. The number of carbonyl (C=O) groups is 2. The van der Waals surface area contributed by atoms with Crippen molar-refractivity contribution < 1.29 is 57.3 Å². The summed E-state index contributed by atoms with van der Waals surface area (Å²) in [6, 6.07) is 0. The molecule has 0 aromatic carbocycles. The van der Waals surface area contributed by atoms with E-state index in [1.54, 1.807) is 27.7 Å². The molecule has 13 heteroatoms. The van der Waals surface area contributed by atoms with E-state index in [1.165, 1.54) is 5.57 Å². The average Bonchev–Trinajstić information content (AvgIpc) is 3.93. The van der Waals surface area contributed by atoms with Crippen molar-refractivity contribution in [1.29, 1.82) is 0 Å². The lowest BCUT2D eigenvalue weighted by atomic mass is 9.89. The van der Waals surface area contributed by atoms with Crippen molar-refractivity contribution in [1.82, 2.24) is 5.32 Å². The lowest BCUT2D eigenvalue weighted by Crippen LogP contribution is -2.60. The van der Waals surface area contributed by atoms with Gasteiger partial charge in [-0.2, -0.15) is 0 Å². The van der Waals surface area contributed by atoms with E-state index in [9.17, 15) is 9.59 Å². The number of amides is 1. The molecule has 58 heavy (non-hydrogen) atoms. The molecule has 7 heterocycles. The van der Waals surface area contributed by atoms with Crippen LogP contribution in [0.4, 0.5) is 4.79 Å². The minimum absolute atomic E-state index is 0.00390. The topological polar surface area (TPSA) is 149 Å². The van der Waals surface area contributed by atoms with Gasteiger partial charge < -0.3 is 53.1 Å². The minimum Gasteiger partial charge on any atom is -0.444 e. The number of nitrogens with one attached hydrogen (secondary N) is 1. The van der Waals surface area contributed by atoms with Crippen LogP contribution in [-0.4, -0.2) is 130 Å². The highest BCUT2D eigenvalue weighted by Crippen LogP contribution is 2.44. The maximum atomic E-state index is 12.7. The van der Waals surface area contributed by atoms with Crippen LogP contribution in [0.3, 0.4) is 0 Å². The lowest BCUT2D eigenvalue weighted by Gasteiger charge is -2.48. The van der Waals surface area contributed by atoms with Crippen LogP contribution in [0, 0.1) is 11.8 Å². The molecule has 2 N–H and O–H groups in total. The first-order valence-corrected chi connectivity index (χ1v) is 22.2. The van der Waals surface area contributed by atoms with Crippen LogP contribution in [0.1, 0.15) is 127 Å². The van der Waals surface area contributed by atoms with E-state index >= 15 is 0 Å². The molecule has 0 aliphatic carbocycles. The largest absolute Gasteiger partial charge is 0.444 e. The smallest absolute Gasteiger partial charge is 0.407 e. The van der Waals surface area contributed by atoms with Crippen molar-refractivity contribution in [2.75, 3.05) is 52.8 Å². The zero-order chi connectivity index (χ0) is 42.9. The zero-order valence-corrected chi connectivity index (χ0v) is 37.4. The first-order valence-electron chi connectivity index (χ1n) is 22.2. The van der Waals surface area contributed by atoms with Crippen molar-refractivity contribution in [3.8, 4) is 0 Å². The van der Waals surface area contributed by atoms with Gasteiger partial charge in [0.2, 0.25) is 0 Å². The number of Topliss-reactive ketones (excluding diaryl/α,β-unsaturated/α-hetero) is 1. The molecule has 1 amide bonds. The van der Waals surface area contributed by atoms with Crippen LogP contribution in [-0.2, 0) is 47.4 Å². The number of ketones is 1. The zero-order valence-electron chi connectivity index (χ0n) is 37.4. The van der Waals surface area contributed by atoms with Crippen LogP contribution < -0.4 is 5.32 Å². The fourth-order valence-corrected chi connectivity index (χ4v) is 7.90. The van der Waals surface area contributed by atoms with E-state index in [2.05, 4.69) is 25.4 Å². The Morgan fingerprint density at radius 3 is 2.24 bits per heavy atom. The molecule has 2 bridgehead atoms. The van der Waals surface area contributed by atoms with Gasteiger partial charge in [0.1, 0.15) is 29.7 Å². The van der Waals surface area contributed by atoms with E-state index in [-0.39, 0.29) is 55.1 Å². The van der Waals surface area contributed by atoms with Crippen LogP contribution >= 0.6 is 0 Å². The number of fused-ring (bicyclic) bond motifs is 5. The predicted octanol–water partition coefficient (Wildman–Crippen LogP) is 7.26. The van der Waals surface area contributed by atoms with Gasteiger partial charge in [0.05, 0.1) is 56.9 Å². The van der Waals surface area contributed by atoms with E-state index in [0.717, 1.165) is 76.8 Å². The highest BCUT2D eigenvalue weighted by molar-refractivity contribution is 5.79. The Hall–Kier alpha value is -1.94. The number of rotatable bonds is 9. The Labute approximate surface area is 349 Å². The first-order chi connectivity index (χ1) is 27.7. The number of aliphatic hydroxyl groups is 1. The van der Waals surface area contributed by atoms with Gasteiger partial charge in [0, 0.05) is 52.0 Å². The third-order valence-corrected chi connectivity index (χ3v) is 10.9. The molecule has 0 aromatic heterocycles. The van der Waals surface area contributed by atoms with E-state index in [0.29, 0.717) is 51.1 Å². The Bertz CT molecular complexity index is 1250. The standard InChI is InChI=1S/C26H38O8.C8H17NO3.C7H12O.2C2H6/c1-16-8-19(29-12-16)4-6-26-11-21(14-31-26)32-23-15-30-22-3-2-20(33-24(22)25(23)34-26)10-18(27)9-17-5-7-28-13-17;1-6(10)5-9-7(11)12-8(2,3)4;1-6-3-4-8-5-7(6)2;2*1-2/h17,19-25H,1-15H2;6,10H,5H2,1-4H3,(H,9,11);6H,2-5H2,1H3;2*1-2H3/t17?,19?,20?,21-,22?,23?,24?,25?,26?;;6-;;/m1.1../s1. The van der Waals surface area contributed by atoms with Crippen molar-refractivity contribution in [3.63, 3.8) is 0 Å². The fraction of sp³-hybridized carbons (Fsp3) is 0.867. The quantitative estimate of drug-likeness (QED) is 0.226. The average molecular weight is 826 g/mol. The van der Waals surface area contributed by atoms with Gasteiger partial charge in [-0.25, -0.2) is 4.79 Å². The highest BCUT2D eigenvalue weighted by Gasteiger charge is 2.55. The van der Waals surface area contributed by atoms with Crippen LogP contribution in [0.5, 0.6) is 0 Å². The number of carbonyl (C=O) groups excluding carboxylic acids is 2. The summed E-state index contributed by atoms with van der Waals surface area (Å²) in [5, 5.41) is 11.3. The molecule has 7 aliphatic heterocycles. The monoisotopic (exact) mass is 826 g/mol. The van der Waals surface area contributed by atoms with Gasteiger partial charge in [-0.15, -0.1) is 0 Å². The molecule has 13 nitrogen and oxygen atoms in total. The summed E-state index contributed by atoms with van der Waals surface area (Å²) in [5.74, 6) is 0.637. The first kappa shape index (κ1) is 50.4. The number of hydrogen-bond acceptors (Lipinski definition) is 12. The van der Waals surface area contributed by atoms with Crippen molar-refractivity contribution in [2.24, 2.45) is 11.8 Å². The molecule has 0 saturated carbocycles. The van der Waals surface area contributed by atoms with Crippen LogP contribution in [0.15, 0.2) is 24.3 Å². The highest BCUT2D eigenvalue weighted by atomic mass is 16.7. The summed E-state index contributed by atoms with van der Waals surface area (Å²) in [6.07, 6.45) is 6.46. The second-order valence-corrected chi connectivity index (χ2v) is 17.2. The third kappa shape index (κ3) is 16.8. The number of aliphatic hydroxyl groups excluding tert-OH is 1. The molecule has 9 unspecified atom stereocenters. The molecule has 336 valence electrons. The van der Waals surface area contributed by atoms with E-state index < -0.39 is 23.6 Å². The van der Waals surface area contributed by atoms with Gasteiger partial charge >= 0.3 is 6.09 Å². The molecule has 7 rings (SSSR count). The number of ether oxygens (including phenoxy) is 9. The molecule has 0 radical (unpaired) electrons. The number of hydrogen-bond donors (Lipinski definition) is 2. The van der Waals surface area contributed by atoms with Crippen molar-refractivity contribution in [2.45, 2.75) is 187 Å². The van der Waals surface area contributed by atoms with Gasteiger partial charge in [-0.1, -0.05) is 47.8 Å². The predicted molar refractivity (Wildman–Crippen MR) is 223 cm³/mol.